The summed E-state index contributed by atoms with van der Waals surface area (Å²) in [7, 11) is -3.91. The van der Waals surface area contributed by atoms with Gasteiger partial charge in [-0.25, -0.2) is 13.1 Å². The predicted molar refractivity (Wildman–Crippen MR) is 93.6 cm³/mol. The lowest BCUT2D eigenvalue weighted by molar-refractivity contribution is -0.124. The van der Waals surface area contributed by atoms with Crippen LogP contribution in [-0.2, 0) is 26.7 Å². The quantitative estimate of drug-likeness (QED) is 0.909. The highest BCUT2D eigenvalue weighted by molar-refractivity contribution is 7.90. The summed E-state index contributed by atoms with van der Waals surface area (Å²) in [5, 5.41) is 0.538. The number of amides is 1. The normalized spacial score (nSPS) is 19.8. The molecule has 6 heteroatoms. The molecule has 24 heavy (non-hydrogen) atoms. The van der Waals surface area contributed by atoms with Gasteiger partial charge in [-0.2, -0.15) is 0 Å². The van der Waals surface area contributed by atoms with Crippen LogP contribution in [0.4, 0.5) is 0 Å². The molecule has 0 saturated heterocycles. The Morgan fingerprint density at radius 3 is 2.62 bits per heavy atom. The van der Waals surface area contributed by atoms with Crippen LogP contribution in [0.5, 0.6) is 0 Å². The van der Waals surface area contributed by atoms with Crippen LogP contribution < -0.4 is 4.72 Å². The maximum absolute atomic E-state index is 12.8. The fourth-order valence-corrected chi connectivity index (χ4v) is 4.68. The first-order chi connectivity index (χ1) is 11.2. The van der Waals surface area contributed by atoms with Crippen molar-refractivity contribution in [3.8, 4) is 0 Å². The van der Waals surface area contributed by atoms with Crippen LogP contribution in [0, 0.1) is 6.92 Å². The second kappa shape index (κ2) is 5.90. The lowest BCUT2D eigenvalue weighted by Gasteiger charge is -2.24. The van der Waals surface area contributed by atoms with Crippen LogP contribution in [0.2, 0.25) is 5.02 Å². The molecule has 1 aliphatic rings. The Hall–Kier alpha value is -1.85. The molecule has 1 N–H and O–H groups in total. The molecule has 0 aromatic heterocycles. The van der Waals surface area contributed by atoms with Crippen LogP contribution >= 0.6 is 11.6 Å². The number of nitrogens with one attached hydrogen (secondary N) is 1. The third-order valence-corrected chi connectivity index (χ3v) is 6.40. The van der Waals surface area contributed by atoms with Gasteiger partial charge in [0.25, 0.3) is 10.0 Å². The molecule has 3 rings (SSSR count). The van der Waals surface area contributed by atoms with E-state index in [1.807, 2.05) is 6.07 Å². The smallest absolute Gasteiger partial charge is 0.264 e. The summed E-state index contributed by atoms with van der Waals surface area (Å²) in [6.45, 7) is 3.46. The molecule has 1 amide bonds. The molecular weight excluding hydrogens is 346 g/mol. The predicted octanol–water partition coefficient (Wildman–Crippen LogP) is 3.36. The highest BCUT2D eigenvalue weighted by Gasteiger charge is 2.42. The van der Waals surface area contributed by atoms with Crippen LogP contribution in [0.15, 0.2) is 47.4 Å². The minimum absolute atomic E-state index is 0.117. The SMILES string of the molecule is Cc1ccccc1S(=O)(=O)NC(=O)[C@]1(C)CCc2ccc(Cl)cc21. The van der Waals surface area contributed by atoms with Gasteiger partial charge in [0.1, 0.15) is 0 Å². The van der Waals surface area contributed by atoms with E-state index in [1.165, 1.54) is 6.07 Å². The summed E-state index contributed by atoms with van der Waals surface area (Å²) in [6.07, 6.45) is 1.28. The number of hydrogen-bond donors (Lipinski definition) is 1. The van der Waals surface area contributed by atoms with Gasteiger partial charge in [-0.1, -0.05) is 35.9 Å². The average molecular weight is 364 g/mol. The molecule has 4 nitrogen and oxygen atoms in total. The maximum Gasteiger partial charge on any atom is 0.264 e. The molecule has 1 atom stereocenters. The lowest BCUT2D eigenvalue weighted by atomic mass is 9.83. The van der Waals surface area contributed by atoms with Crippen LogP contribution in [0.1, 0.15) is 30.0 Å². The molecule has 0 saturated carbocycles. The molecule has 0 unspecified atom stereocenters. The highest BCUT2D eigenvalue weighted by Crippen LogP contribution is 2.40. The Labute approximate surface area is 146 Å². The topological polar surface area (TPSA) is 63.2 Å². The van der Waals surface area contributed by atoms with Crippen LogP contribution in [0.25, 0.3) is 0 Å². The molecule has 0 radical (unpaired) electrons. The third kappa shape index (κ3) is 2.82. The van der Waals surface area contributed by atoms with Crippen molar-refractivity contribution in [3.63, 3.8) is 0 Å². The van der Waals surface area contributed by atoms with Gasteiger partial charge >= 0.3 is 0 Å². The zero-order chi connectivity index (χ0) is 17.5. The minimum atomic E-state index is -3.91. The summed E-state index contributed by atoms with van der Waals surface area (Å²) in [4.78, 5) is 12.9. The highest BCUT2D eigenvalue weighted by atomic mass is 35.5. The molecule has 0 heterocycles. The second-order valence-electron chi connectivity index (χ2n) is 6.33. The van der Waals surface area contributed by atoms with Gasteiger partial charge in [-0.15, -0.1) is 0 Å². The zero-order valence-corrected chi connectivity index (χ0v) is 15.0. The molecular formula is C18H18ClNO3S. The molecule has 1 aliphatic carbocycles. The number of fused-ring (bicyclic) bond motifs is 1. The lowest BCUT2D eigenvalue weighted by Crippen LogP contribution is -2.43. The van der Waals surface area contributed by atoms with Gasteiger partial charge in [0.05, 0.1) is 10.3 Å². The van der Waals surface area contributed by atoms with Crippen molar-refractivity contribution in [3.05, 3.63) is 64.2 Å². The Morgan fingerprint density at radius 1 is 1.21 bits per heavy atom. The van der Waals surface area contributed by atoms with Gasteiger partial charge in [-0.3, -0.25) is 4.79 Å². The van der Waals surface area contributed by atoms with Crippen molar-refractivity contribution in [2.24, 2.45) is 0 Å². The third-order valence-electron chi connectivity index (χ3n) is 4.67. The standard InChI is InChI=1S/C18H18ClNO3S/c1-12-5-3-4-6-16(12)24(22,23)20-17(21)18(2)10-9-13-7-8-14(19)11-15(13)18/h3-8,11H,9-10H2,1-2H3,(H,20,21)/t18-/m1/s1. The Balaban J connectivity index is 1.94. The number of carbonyl (C=O) groups is 1. The first-order valence-electron chi connectivity index (χ1n) is 7.66. The van der Waals surface area contributed by atoms with E-state index in [0.29, 0.717) is 17.0 Å². The Morgan fingerprint density at radius 2 is 1.92 bits per heavy atom. The summed E-state index contributed by atoms with van der Waals surface area (Å²) in [5.41, 5.74) is 1.52. The largest absolute Gasteiger partial charge is 0.273 e. The van der Waals surface area contributed by atoms with E-state index in [9.17, 15) is 13.2 Å². The number of aryl methyl sites for hydroxylation is 2. The van der Waals surface area contributed by atoms with Crippen molar-refractivity contribution >= 4 is 27.5 Å². The van der Waals surface area contributed by atoms with E-state index < -0.39 is 21.3 Å². The van der Waals surface area contributed by atoms with Crippen molar-refractivity contribution in [2.45, 2.75) is 37.0 Å². The number of halogens is 1. The first kappa shape index (κ1) is 17.0. The summed E-state index contributed by atoms with van der Waals surface area (Å²) in [5.74, 6) is -0.522. The van der Waals surface area contributed by atoms with E-state index in [0.717, 1.165) is 17.5 Å². The number of sulfonamides is 1. The first-order valence-corrected chi connectivity index (χ1v) is 9.52. The van der Waals surface area contributed by atoms with Crippen molar-refractivity contribution in [2.75, 3.05) is 0 Å². The summed E-state index contributed by atoms with van der Waals surface area (Å²) < 4.78 is 27.4. The van der Waals surface area contributed by atoms with Crippen molar-refractivity contribution < 1.29 is 13.2 Å². The van der Waals surface area contributed by atoms with E-state index >= 15 is 0 Å². The Kier molecular flexibility index (Phi) is 4.18. The summed E-state index contributed by atoms with van der Waals surface area (Å²) in [6, 6.07) is 12.0. The second-order valence-corrected chi connectivity index (χ2v) is 8.42. The van der Waals surface area contributed by atoms with Crippen molar-refractivity contribution in [1.29, 1.82) is 0 Å². The van der Waals surface area contributed by atoms with Crippen molar-refractivity contribution in [1.82, 2.24) is 4.72 Å². The van der Waals surface area contributed by atoms with Gasteiger partial charge in [0.2, 0.25) is 5.91 Å². The molecule has 0 aliphatic heterocycles. The molecule has 126 valence electrons. The van der Waals surface area contributed by atoms with E-state index in [1.54, 1.807) is 44.2 Å². The minimum Gasteiger partial charge on any atom is -0.273 e. The van der Waals surface area contributed by atoms with E-state index in [2.05, 4.69) is 4.72 Å². The summed E-state index contributed by atoms with van der Waals surface area (Å²) >= 11 is 6.06. The number of hydrogen-bond acceptors (Lipinski definition) is 3. The van der Waals surface area contributed by atoms with E-state index in [4.69, 9.17) is 11.6 Å². The van der Waals surface area contributed by atoms with E-state index in [-0.39, 0.29) is 4.90 Å². The van der Waals surface area contributed by atoms with Gasteiger partial charge in [0.15, 0.2) is 0 Å². The average Bonchev–Trinajstić information content (AvgIpc) is 2.85. The number of rotatable bonds is 3. The monoisotopic (exact) mass is 363 g/mol. The molecule has 0 fully saturated rings. The molecule has 0 bridgehead atoms. The number of benzene rings is 2. The fourth-order valence-electron chi connectivity index (χ4n) is 3.18. The number of carbonyl (C=O) groups excluding carboxylic acids is 1. The molecule has 2 aromatic carbocycles. The van der Waals surface area contributed by atoms with Gasteiger partial charge in [-0.05, 0) is 61.6 Å². The molecule has 2 aromatic rings. The molecule has 0 spiro atoms. The Bertz CT molecular complexity index is 924. The zero-order valence-electron chi connectivity index (χ0n) is 13.5. The fraction of sp³-hybridized carbons (Fsp3) is 0.278. The van der Waals surface area contributed by atoms with Gasteiger partial charge in [0, 0.05) is 5.02 Å². The van der Waals surface area contributed by atoms with Crippen LogP contribution in [-0.4, -0.2) is 14.3 Å². The maximum atomic E-state index is 12.8. The van der Waals surface area contributed by atoms with Crippen LogP contribution in [0.3, 0.4) is 0 Å². The van der Waals surface area contributed by atoms with Gasteiger partial charge < -0.3 is 0 Å².